The Bertz CT molecular complexity index is 358. The maximum atomic E-state index is 7.58. The summed E-state index contributed by atoms with van der Waals surface area (Å²) in [5, 5.41) is 7.58. The lowest BCUT2D eigenvalue weighted by atomic mass is 10.1. The Morgan fingerprint density at radius 2 is 2.00 bits per heavy atom. The summed E-state index contributed by atoms with van der Waals surface area (Å²) in [5.41, 5.74) is 7.48. The molecule has 0 fully saturated rings. The zero-order chi connectivity index (χ0) is 12.1. The van der Waals surface area contributed by atoms with E-state index in [4.69, 9.17) is 11.1 Å². The van der Waals surface area contributed by atoms with Crippen LogP contribution >= 0.6 is 0 Å². The SMILES string of the molecule is CCN(CC(C)C)c1ccccc1C(=N)N. The summed E-state index contributed by atoms with van der Waals surface area (Å²) < 4.78 is 0. The average Bonchev–Trinajstić information content (AvgIpc) is 2.25. The molecule has 0 aliphatic heterocycles. The quantitative estimate of drug-likeness (QED) is 0.590. The molecular weight excluding hydrogens is 198 g/mol. The van der Waals surface area contributed by atoms with Crippen molar-refractivity contribution in [1.29, 1.82) is 5.41 Å². The highest BCUT2D eigenvalue weighted by Gasteiger charge is 2.11. The maximum Gasteiger partial charge on any atom is 0.124 e. The van der Waals surface area contributed by atoms with E-state index in [1.165, 1.54) is 0 Å². The molecule has 1 aromatic carbocycles. The first-order chi connectivity index (χ1) is 7.56. The summed E-state index contributed by atoms with van der Waals surface area (Å²) in [6.45, 7) is 8.43. The van der Waals surface area contributed by atoms with Crippen molar-refractivity contribution in [3.63, 3.8) is 0 Å². The third-order valence-corrected chi connectivity index (χ3v) is 2.50. The normalized spacial score (nSPS) is 10.5. The lowest BCUT2D eigenvalue weighted by Crippen LogP contribution is -2.29. The van der Waals surface area contributed by atoms with Gasteiger partial charge < -0.3 is 10.6 Å². The van der Waals surface area contributed by atoms with Gasteiger partial charge in [0.1, 0.15) is 5.84 Å². The van der Waals surface area contributed by atoms with Crippen molar-refractivity contribution in [2.75, 3.05) is 18.0 Å². The monoisotopic (exact) mass is 219 g/mol. The molecule has 0 aliphatic rings. The van der Waals surface area contributed by atoms with Gasteiger partial charge in [-0.05, 0) is 25.0 Å². The van der Waals surface area contributed by atoms with Crippen LogP contribution in [0.4, 0.5) is 5.69 Å². The van der Waals surface area contributed by atoms with Crippen LogP contribution in [0.2, 0.25) is 0 Å². The van der Waals surface area contributed by atoms with E-state index in [2.05, 4.69) is 25.7 Å². The highest BCUT2D eigenvalue weighted by atomic mass is 15.1. The molecule has 0 spiro atoms. The van der Waals surface area contributed by atoms with Crippen molar-refractivity contribution < 1.29 is 0 Å². The molecule has 88 valence electrons. The lowest BCUT2D eigenvalue weighted by molar-refractivity contribution is 0.618. The fraction of sp³-hybridized carbons (Fsp3) is 0.462. The topological polar surface area (TPSA) is 53.1 Å². The molecule has 0 atom stereocenters. The van der Waals surface area contributed by atoms with Crippen molar-refractivity contribution in [3.8, 4) is 0 Å². The highest BCUT2D eigenvalue weighted by molar-refractivity contribution is 6.00. The first-order valence-electron chi connectivity index (χ1n) is 5.74. The molecule has 3 heteroatoms. The Hall–Kier alpha value is -1.51. The molecule has 0 saturated heterocycles. The number of nitrogens with one attached hydrogen (secondary N) is 1. The Kier molecular flexibility index (Phi) is 4.35. The molecule has 0 amide bonds. The predicted molar refractivity (Wildman–Crippen MR) is 70.2 cm³/mol. The van der Waals surface area contributed by atoms with Crippen LogP contribution in [0.3, 0.4) is 0 Å². The number of nitrogens with two attached hydrogens (primary N) is 1. The first-order valence-corrected chi connectivity index (χ1v) is 5.74. The standard InChI is InChI=1S/C13H21N3/c1-4-16(9-10(2)3)12-8-6-5-7-11(12)13(14)15/h5-8,10H,4,9H2,1-3H3,(H3,14,15). The molecule has 1 rings (SSSR count). The van der Waals surface area contributed by atoms with Crippen LogP contribution in [0.1, 0.15) is 26.3 Å². The summed E-state index contributed by atoms with van der Waals surface area (Å²) in [5.74, 6) is 0.734. The van der Waals surface area contributed by atoms with Gasteiger partial charge in [0.25, 0.3) is 0 Å². The van der Waals surface area contributed by atoms with E-state index >= 15 is 0 Å². The van der Waals surface area contributed by atoms with Gasteiger partial charge in [0, 0.05) is 24.3 Å². The molecule has 3 N–H and O–H groups in total. The van der Waals surface area contributed by atoms with Gasteiger partial charge in [0.05, 0.1) is 0 Å². The van der Waals surface area contributed by atoms with Gasteiger partial charge in [-0.1, -0.05) is 26.0 Å². The van der Waals surface area contributed by atoms with Crippen LogP contribution in [0.25, 0.3) is 0 Å². The van der Waals surface area contributed by atoms with Gasteiger partial charge in [0.2, 0.25) is 0 Å². The number of hydrogen-bond acceptors (Lipinski definition) is 2. The molecule has 16 heavy (non-hydrogen) atoms. The molecule has 0 aliphatic carbocycles. The molecule has 3 nitrogen and oxygen atoms in total. The van der Waals surface area contributed by atoms with Crippen molar-refractivity contribution in [1.82, 2.24) is 0 Å². The highest BCUT2D eigenvalue weighted by Crippen LogP contribution is 2.20. The molecule has 0 bridgehead atoms. The van der Waals surface area contributed by atoms with Gasteiger partial charge in [-0.2, -0.15) is 0 Å². The van der Waals surface area contributed by atoms with Gasteiger partial charge >= 0.3 is 0 Å². The van der Waals surface area contributed by atoms with Crippen LogP contribution in [0.15, 0.2) is 24.3 Å². The third kappa shape index (κ3) is 2.99. The number of nitrogen functional groups attached to an aromatic ring is 1. The molecule has 0 saturated carbocycles. The molecular formula is C13H21N3. The summed E-state index contributed by atoms with van der Waals surface area (Å²) >= 11 is 0. The summed E-state index contributed by atoms with van der Waals surface area (Å²) in [6, 6.07) is 7.84. The lowest BCUT2D eigenvalue weighted by Gasteiger charge is -2.27. The molecule has 0 unspecified atom stereocenters. The molecule has 0 aromatic heterocycles. The van der Waals surface area contributed by atoms with E-state index in [0.29, 0.717) is 5.92 Å². The summed E-state index contributed by atoms with van der Waals surface area (Å²) in [7, 11) is 0. The van der Waals surface area contributed by atoms with E-state index in [1.54, 1.807) is 0 Å². The van der Waals surface area contributed by atoms with E-state index in [1.807, 2.05) is 24.3 Å². The molecule has 1 aromatic rings. The van der Waals surface area contributed by atoms with Crippen LogP contribution in [0, 0.1) is 11.3 Å². The number of nitrogens with zero attached hydrogens (tertiary/aromatic N) is 1. The van der Waals surface area contributed by atoms with E-state index in [0.717, 1.165) is 24.3 Å². The number of rotatable bonds is 5. The average molecular weight is 219 g/mol. The number of para-hydroxylation sites is 1. The van der Waals surface area contributed by atoms with E-state index in [9.17, 15) is 0 Å². The minimum Gasteiger partial charge on any atom is -0.384 e. The van der Waals surface area contributed by atoms with Crippen molar-refractivity contribution in [2.45, 2.75) is 20.8 Å². The fourth-order valence-electron chi connectivity index (χ4n) is 1.82. The second-order valence-corrected chi connectivity index (χ2v) is 4.36. The third-order valence-electron chi connectivity index (χ3n) is 2.50. The zero-order valence-corrected chi connectivity index (χ0v) is 10.3. The Balaban J connectivity index is 3.04. The van der Waals surface area contributed by atoms with Gasteiger partial charge in [0.15, 0.2) is 0 Å². The number of hydrogen-bond donors (Lipinski definition) is 2. The van der Waals surface area contributed by atoms with Crippen LogP contribution < -0.4 is 10.6 Å². The van der Waals surface area contributed by atoms with Crippen molar-refractivity contribution in [3.05, 3.63) is 29.8 Å². The van der Waals surface area contributed by atoms with E-state index in [-0.39, 0.29) is 5.84 Å². The van der Waals surface area contributed by atoms with Gasteiger partial charge in [-0.3, -0.25) is 5.41 Å². The van der Waals surface area contributed by atoms with E-state index < -0.39 is 0 Å². The van der Waals surface area contributed by atoms with Gasteiger partial charge in [-0.25, -0.2) is 0 Å². The fourth-order valence-corrected chi connectivity index (χ4v) is 1.82. The van der Waals surface area contributed by atoms with Crippen LogP contribution in [-0.2, 0) is 0 Å². The van der Waals surface area contributed by atoms with Crippen molar-refractivity contribution >= 4 is 11.5 Å². The zero-order valence-electron chi connectivity index (χ0n) is 10.3. The minimum atomic E-state index is 0.137. The molecule has 0 radical (unpaired) electrons. The second kappa shape index (κ2) is 5.54. The van der Waals surface area contributed by atoms with Crippen LogP contribution in [0.5, 0.6) is 0 Å². The number of benzene rings is 1. The Morgan fingerprint density at radius 3 is 2.50 bits per heavy atom. The minimum absolute atomic E-state index is 0.137. The maximum absolute atomic E-state index is 7.58. The smallest absolute Gasteiger partial charge is 0.124 e. The number of anilines is 1. The van der Waals surface area contributed by atoms with Crippen molar-refractivity contribution in [2.24, 2.45) is 11.7 Å². The van der Waals surface area contributed by atoms with Gasteiger partial charge in [-0.15, -0.1) is 0 Å². The molecule has 0 heterocycles. The number of amidine groups is 1. The summed E-state index contributed by atoms with van der Waals surface area (Å²) in [6.07, 6.45) is 0. The second-order valence-electron chi connectivity index (χ2n) is 4.36. The predicted octanol–water partition coefficient (Wildman–Crippen LogP) is 2.45. The Morgan fingerprint density at radius 1 is 1.38 bits per heavy atom. The largest absolute Gasteiger partial charge is 0.384 e. The Labute approximate surface area is 97.8 Å². The summed E-state index contributed by atoms with van der Waals surface area (Å²) in [4.78, 5) is 2.27. The first kappa shape index (κ1) is 12.6. The van der Waals surface area contributed by atoms with Crippen LogP contribution in [-0.4, -0.2) is 18.9 Å².